The number of hydrogen-bond donors (Lipinski definition) is 3. The summed E-state index contributed by atoms with van der Waals surface area (Å²) in [6, 6.07) is 6.66. The highest BCUT2D eigenvalue weighted by atomic mass is 16.4. The van der Waals surface area contributed by atoms with Crippen LogP contribution in [-0.2, 0) is 21.4 Å². The molecular weight excluding hydrogens is 306 g/mol. The second kappa shape index (κ2) is 8.29. The van der Waals surface area contributed by atoms with Gasteiger partial charge in [-0.1, -0.05) is 58.9 Å². The number of rotatable bonds is 7. The highest BCUT2D eigenvalue weighted by Gasteiger charge is 2.25. The smallest absolute Gasteiger partial charge is 0.326 e. The van der Waals surface area contributed by atoms with Crippen molar-refractivity contribution in [1.29, 1.82) is 0 Å². The molecule has 0 aliphatic rings. The quantitative estimate of drug-likeness (QED) is 0.714. The molecule has 0 bridgehead atoms. The first kappa shape index (κ1) is 20.2. The molecule has 0 unspecified atom stereocenters. The lowest BCUT2D eigenvalue weighted by Gasteiger charge is -2.20. The van der Waals surface area contributed by atoms with Gasteiger partial charge in [0.25, 0.3) is 0 Å². The first-order valence-electron chi connectivity index (χ1n) is 8.31. The number of amides is 1. The van der Waals surface area contributed by atoms with E-state index in [1.165, 1.54) is 0 Å². The molecule has 0 aliphatic heterocycles. The number of aliphatic carboxylic acids is 1. The van der Waals surface area contributed by atoms with Gasteiger partial charge < -0.3 is 15.5 Å². The Morgan fingerprint density at radius 1 is 1.12 bits per heavy atom. The summed E-state index contributed by atoms with van der Waals surface area (Å²) in [6.45, 7) is 10.1. The van der Waals surface area contributed by atoms with Gasteiger partial charge in [0.2, 0.25) is 5.91 Å². The third kappa shape index (κ3) is 6.32. The Bertz CT molecular complexity index is 558. The van der Waals surface area contributed by atoms with Gasteiger partial charge in [0.1, 0.15) is 12.1 Å². The predicted molar refractivity (Wildman–Crippen MR) is 93.9 cm³/mol. The molecule has 1 rings (SSSR count). The van der Waals surface area contributed by atoms with Crippen molar-refractivity contribution in [2.75, 3.05) is 0 Å². The van der Waals surface area contributed by atoms with Crippen molar-refractivity contribution in [1.82, 2.24) is 5.32 Å². The van der Waals surface area contributed by atoms with Crippen molar-refractivity contribution < 1.29 is 19.8 Å². The molecule has 0 saturated heterocycles. The van der Waals surface area contributed by atoms with E-state index in [0.717, 1.165) is 11.1 Å². The van der Waals surface area contributed by atoms with Crippen LogP contribution in [0.15, 0.2) is 24.3 Å². The van der Waals surface area contributed by atoms with Crippen LogP contribution in [0.5, 0.6) is 0 Å². The van der Waals surface area contributed by atoms with Crippen molar-refractivity contribution in [2.24, 2.45) is 5.92 Å². The van der Waals surface area contributed by atoms with Gasteiger partial charge in [-0.15, -0.1) is 0 Å². The zero-order valence-corrected chi connectivity index (χ0v) is 15.2. The molecule has 24 heavy (non-hydrogen) atoms. The topological polar surface area (TPSA) is 86.6 Å². The van der Waals surface area contributed by atoms with Gasteiger partial charge >= 0.3 is 5.97 Å². The molecule has 0 aliphatic carbocycles. The molecule has 3 N–H and O–H groups in total. The summed E-state index contributed by atoms with van der Waals surface area (Å²) in [5.74, 6) is -1.60. The number of aliphatic hydroxyl groups excluding tert-OH is 1. The maximum absolute atomic E-state index is 11.9. The van der Waals surface area contributed by atoms with Crippen molar-refractivity contribution in [2.45, 2.75) is 65.0 Å². The number of aliphatic hydroxyl groups is 1. The van der Waals surface area contributed by atoms with E-state index in [1.54, 1.807) is 0 Å². The van der Waals surface area contributed by atoms with Gasteiger partial charge in [0.05, 0.1) is 0 Å². The molecule has 134 valence electrons. The number of hydrogen-bond acceptors (Lipinski definition) is 3. The maximum Gasteiger partial charge on any atom is 0.326 e. The molecule has 0 heterocycles. The summed E-state index contributed by atoms with van der Waals surface area (Å²) in [5, 5.41) is 21.6. The fourth-order valence-corrected chi connectivity index (χ4v) is 2.40. The van der Waals surface area contributed by atoms with E-state index in [4.69, 9.17) is 0 Å². The maximum atomic E-state index is 11.9. The summed E-state index contributed by atoms with van der Waals surface area (Å²) in [5.41, 5.74) is 2.02. The van der Waals surface area contributed by atoms with Gasteiger partial charge in [-0.2, -0.15) is 0 Å². The largest absolute Gasteiger partial charge is 0.480 e. The Hall–Kier alpha value is -1.88. The number of nitrogens with one attached hydrogen (secondary N) is 1. The van der Waals surface area contributed by atoms with Crippen LogP contribution in [0.25, 0.3) is 0 Å². The average molecular weight is 335 g/mol. The molecular formula is C19H29NO4. The van der Waals surface area contributed by atoms with Gasteiger partial charge in [-0.25, -0.2) is 4.79 Å². The van der Waals surface area contributed by atoms with E-state index in [-0.39, 0.29) is 17.8 Å². The van der Waals surface area contributed by atoms with Gasteiger partial charge in [0.15, 0.2) is 0 Å². The van der Waals surface area contributed by atoms with E-state index >= 15 is 0 Å². The van der Waals surface area contributed by atoms with Crippen molar-refractivity contribution in [3.05, 3.63) is 35.4 Å². The van der Waals surface area contributed by atoms with Crippen LogP contribution in [-0.4, -0.2) is 34.2 Å². The summed E-state index contributed by atoms with van der Waals surface area (Å²) in [6.07, 6.45) is -0.701. The summed E-state index contributed by atoms with van der Waals surface area (Å²) in [4.78, 5) is 23.4. The molecule has 1 aromatic carbocycles. The zero-order valence-electron chi connectivity index (χ0n) is 15.2. The fourth-order valence-electron chi connectivity index (χ4n) is 2.40. The molecule has 5 nitrogen and oxygen atoms in total. The Labute approximate surface area is 144 Å². The molecule has 0 fully saturated rings. The third-order valence-corrected chi connectivity index (χ3v) is 3.87. The first-order chi connectivity index (χ1) is 11.0. The minimum absolute atomic E-state index is 0.0277. The van der Waals surface area contributed by atoms with E-state index in [0.29, 0.717) is 6.42 Å². The Morgan fingerprint density at radius 2 is 1.67 bits per heavy atom. The van der Waals surface area contributed by atoms with E-state index in [1.807, 2.05) is 38.1 Å². The van der Waals surface area contributed by atoms with Crippen molar-refractivity contribution >= 4 is 11.9 Å². The van der Waals surface area contributed by atoms with Crippen LogP contribution in [0.3, 0.4) is 0 Å². The Morgan fingerprint density at radius 3 is 2.08 bits per heavy atom. The monoisotopic (exact) mass is 335 g/mol. The zero-order chi connectivity index (χ0) is 18.5. The van der Waals surface area contributed by atoms with E-state index < -0.39 is 24.0 Å². The van der Waals surface area contributed by atoms with Crippen LogP contribution in [0.4, 0.5) is 0 Å². The normalized spacial score (nSPS) is 14.3. The van der Waals surface area contributed by atoms with Crippen LogP contribution in [0.2, 0.25) is 0 Å². The minimum Gasteiger partial charge on any atom is -0.480 e. The molecule has 0 spiro atoms. The standard InChI is InChI=1S/C19H29NO4/c1-12(2)10-16(21)17(22)20-15(18(23)24)11-13-6-8-14(9-7-13)19(3,4)5/h6-9,12,15-16,21H,10-11H2,1-5H3,(H,20,22)(H,23,24)/t15-,16+/m1/s1. The third-order valence-electron chi connectivity index (χ3n) is 3.87. The van der Waals surface area contributed by atoms with Crippen LogP contribution in [0, 0.1) is 5.92 Å². The molecule has 5 heteroatoms. The number of carboxylic acids is 1. The molecule has 1 amide bonds. The van der Waals surface area contributed by atoms with E-state index in [2.05, 4.69) is 26.1 Å². The van der Waals surface area contributed by atoms with Crippen LogP contribution in [0.1, 0.15) is 52.2 Å². The molecule has 2 atom stereocenters. The second-order valence-corrected chi connectivity index (χ2v) is 7.70. The average Bonchev–Trinajstić information content (AvgIpc) is 2.45. The molecule has 1 aromatic rings. The van der Waals surface area contributed by atoms with Gasteiger partial charge in [0, 0.05) is 6.42 Å². The highest BCUT2D eigenvalue weighted by molar-refractivity contribution is 5.86. The van der Waals surface area contributed by atoms with Crippen molar-refractivity contribution in [3.8, 4) is 0 Å². The lowest BCUT2D eigenvalue weighted by molar-refractivity contribution is -0.143. The van der Waals surface area contributed by atoms with Gasteiger partial charge in [-0.3, -0.25) is 4.79 Å². The Kier molecular flexibility index (Phi) is 6.96. The second-order valence-electron chi connectivity index (χ2n) is 7.70. The van der Waals surface area contributed by atoms with Crippen LogP contribution >= 0.6 is 0 Å². The lowest BCUT2D eigenvalue weighted by atomic mass is 9.86. The fraction of sp³-hybridized carbons (Fsp3) is 0.579. The SMILES string of the molecule is CC(C)C[C@H](O)C(=O)N[C@H](Cc1ccc(C(C)(C)C)cc1)C(=O)O. The van der Waals surface area contributed by atoms with Crippen LogP contribution < -0.4 is 5.32 Å². The first-order valence-corrected chi connectivity index (χ1v) is 8.31. The molecule has 0 aromatic heterocycles. The van der Waals surface area contributed by atoms with Crippen molar-refractivity contribution in [3.63, 3.8) is 0 Å². The number of carboxylic acid groups (broad SMARTS) is 1. The number of carbonyl (C=O) groups excluding carboxylic acids is 1. The van der Waals surface area contributed by atoms with Gasteiger partial charge in [-0.05, 0) is 28.9 Å². The lowest BCUT2D eigenvalue weighted by Crippen LogP contribution is -2.46. The predicted octanol–water partition coefficient (Wildman–Crippen LogP) is 2.50. The summed E-state index contributed by atoms with van der Waals surface area (Å²) < 4.78 is 0. The van der Waals surface area contributed by atoms with E-state index in [9.17, 15) is 19.8 Å². The molecule has 0 saturated carbocycles. The number of benzene rings is 1. The molecule has 0 radical (unpaired) electrons. The summed E-state index contributed by atoms with van der Waals surface area (Å²) in [7, 11) is 0. The number of carbonyl (C=O) groups is 2. The highest BCUT2D eigenvalue weighted by Crippen LogP contribution is 2.22. The Balaban J connectivity index is 2.76. The summed E-state index contributed by atoms with van der Waals surface area (Å²) >= 11 is 0. The minimum atomic E-state index is -1.19.